The summed E-state index contributed by atoms with van der Waals surface area (Å²) < 4.78 is 0. The molecule has 0 fully saturated rings. The van der Waals surface area contributed by atoms with Gasteiger partial charge in [0.15, 0.2) is 5.43 Å². The summed E-state index contributed by atoms with van der Waals surface area (Å²) in [6.07, 6.45) is 0. The number of aromatic nitrogens is 1. The van der Waals surface area contributed by atoms with Crippen molar-refractivity contribution in [2.24, 2.45) is 0 Å². The molecule has 110 valence electrons. The summed E-state index contributed by atoms with van der Waals surface area (Å²) in [7, 11) is 0. The Morgan fingerprint density at radius 2 is 1.86 bits per heavy atom. The number of rotatable bonds is 2. The predicted molar refractivity (Wildman–Crippen MR) is 80.7 cm³/mol. The molecule has 0 radical (unpaired) electrons. The van der Waals surface area contributed by atoms with Crippen molar-refractivity contribution >= 4 is 45.1 Å². The Labute approximate surface area is 126 Å². The third-order valence-electron chi connectivity index (χ3n) is 3.31. The molecule has 3 aromatic rings. The minimum atomic E-state index is -1.16. The zero-order valence-corrected chi connectivity index (χ0v) is 11.5. The topological polar surface area (TPSA) is 113 Å². The zero-order valence-electron chi connectivity index (χ0n) is 10.8. The fraction of sp³-hybridized carbons (Fsp3) is 0. The highest BCUT2D eigenvalue weighted by Gasteiger charge is 2.17. The predicted octanol–water partition coefficient (Wildman–Crippen LogP) is 2.94. The summed E-state index contributed by atoms with van der Waals surface area (Å²) in [5.74, 6) is -1.16. The van der Waals surface area contributed by atoms with Crippen molar-refractivity contribution in [2.45, 2.75) is 0 Å². The molecule has 2 aromatic carbocycles. The number of hydrogen-bond donors (Lipinski definition) is 2. The monoisotopic (exact) mass is 318 g/mol. The number of carbonyl (C=O) groups is 1. The molecule has 0 aliphatic heterocycles. The number of benzene rings is 2. The molecule has 0 atom stereocenters. The van der Waals surface area contributed by atoms with E-state index >= 15 is 0 Å². The molecule has 3 rings (SSSR count). The Hall–Kier alpha value is -2.93. The van der Waals surface area contributed by atoms with Crippen LogP contribution in [0.3, 0.4) is 0 Å². The summed E-state index contributed by atoms with van der Waals surface area (Å²) in [6.45, 7) is 0. The number of nitro benzene ring substituents is 1. The number of halogens is 1. The van der Waals surface area contributed by atoms with Crippen molar-refractivity contribution in [3.05, 3.63) is 61.3 Å². The van der Waals surface area contributed by atoms with Crippen LogP contribution in [0.2, 0.25) is 5.02 Å². The van der Waals surface area contributed by atoms with E-state index in [9.17, 15) is 19.7 Å². The van der Waals surface area contributed by atoms with Gasteiger partial charge in [0.2, 0.25) is 0 Å². The maximum Gasteiger partial charge on any atom is 0.335 e. The maximum absolute atomic E-state index is 12.5. The number of nitrogens with zero attached hydrogens (tertiary/aromatic N) is 1. The van der Waals surface area contributed by atoms with E-state index in [-0.39, 0.29) is 27.0 Å². The van der Waals surface area contributed by atoms with Crippen LogP contribution >= 0.6 is 11.6 Å². The SMILES string of the molecule is O=C(O)c1ccc2[nH]c3cc(Cl)c([N+](=O)[O-])cc3c(=O)c2c1. The Balaban J connectivity index is 2.45. The van der Waals surface area contributed by atoms with E-state index in [2.05, 4.69) is 4.98 Å². The first-order chi connectivity index (χ1) is 10.4. The van der Waals surface area contributed by atoms with Gasteiger partial charge in [0.1, 0.15) is 5.02 Å². The summed E-state index contributed by atoms with van der Waals surface area (Å²) >= 11 is 5.83. The van der Waals surface area contributed by atoms with Crippen LogP contribution in [-0.2, 0) is 0 Å². The summed E-state index contributed by atoms with van der Waals surface area (Å²) in [5, 5.41) is 20.0. The van der Waals surface area contributed by atoms with E-state index in [0.717, 1.165) is 6.07 Å². The van der Waals surface area contributed by atoms with Gasteiger partial charge in [-0.25, -0.2) is 4.79 Å². The van der Waals surface area contributed by atoms with Crippen molar-refractivity contribution in [3.8, 4) is 0 Å². The molecule has 0 amide bonds. The number of H-pyrrole nitrogens is 1. The highest BCUT2D eigenvalue weighted by Crippen LogP contribution is 2.28. The zero-order chi connectivity index (χ0) is 16.0. The third kappa shape index (κ3) is 2.08. The van der Waals surface area contributed by atoms with Gasteiger partial charge in [0.05, 0.1) is 21.4 Å². The van der Waals surface area contributed by atoms with Crippen molar-refractivity contribution in [1.82, 2.24) is 4.98 Å². The molecular formula is C14H7ClN2O5. The summed E-state index contributed by atoms with van der Waals surface area (Å²) in [5.41, 5.74) is -0.149. The van der Waals surface area contributed by atoms with Gasteiger partial charge in [-0.15, -0.1) is 0 Å². The third-order valence-corrected chi connectivity index (χ3v) is 3.61. The normalized spacial score (nSPS) is 11.0. The Morgan fingerprint density at radius 3 is 2.50 bits per heavy atom. The second kappa shape index (κ2) is 4.81. The van der Waals surface area contributed by atoms with Crippen LogP contribution in [0.25, 0.3) is 21.8 Å². The van der Waals surface area contributed by atoms with E-state index in [1.165, 1.54) is 24.3 Å². The largest absolute Gasteiger partial charge is 0.478 e. The van der Waals surface area contributed by atoms with Gasteiger partial charge in [0, 0.05) is 17.0 Å². The van der Waals surface area contributed by atoms with Gasteiger partial charge in [-0.1, -0.05) is 11.6 Å². The molecule has 7 nitrogen and oxygen atoms in total. The van der Waals surface area contributed by atoms with E-state index in [1.54, 1.807) is 0 Å². The standard InChI is InChI=1S/C14H7ClN2O5/c15-9-5-11-8(4-12(9)17(21)22)13(18)7-3-6(14(19)20)1-2-10(7)16-11/h1-5H,(H,16,18)(H,19,20). The number of nitrogens with one attached hydrogen (secondary N) is 1. The van der Waals surface area contributed by atoms with Crippen LogP contribution in [0.1, 0.15) is 10.4 Å². The number of carboxylic acid groups (broad SMARTS) is 1. The molecule has 0 aliphatic rings. The lowest BCUT2D eigenvalue weighted by Gasteiger charge is -2.05. The summed E-state index contributed by atoms with van der Waals surface area (Å²) in [6, 6.07) is 6.45. The number of aromatic carboxylic acids is 1. The Bertz CT molecular complexity index is 1030. The Kier molecular flexibility index (Phi) is 3.07. The van der Waals surface area contributed by atoms with Gasteiger partial charge in [-0.3, -0.25) is 14.9 Å². The fourth-order valence-electron chi connectivity index (χ4n) is 2.26. The molecule has 2 N–H and O–H groups in total. The molecule has 1 aromatic heterocycles. The van der Waals surface area contributed by atoms with E-state index in [0.29, 0.717) is 11.0 Å². The average Bonchev–Trinajstić information content (AvgIpc) is 2.46. The van der Waals surface area contributed by atoms with Crippen LogP contribution in [0.15, 0.2) is 35.1 Å². The molecule has 0 bridgehead atoms. The molecule has 0 saturated carbocycles. The molecule has 0 spiro atoms. The second-order valence-electron chi connectivity index (χ2n) is 4.63. The number of hydrogen-bond acceptors (Lipinski definition) is 4. The molecule has 22 heavy (non-hydrogen) atoms. The number of nitro groups is 1. The average molecular weight is 319 g/mol. The quantitative estimate of drug-likeness (QED) is 0.428. The minimum Gasteiger partial charge on any atom is -0.478 e. The van der Waals surface area contributed by atoms with Crippen LogP contribution in [-0.4, -0.2) is 21.0 Å². The molecular weight excluding hydrogens is 312 g/mol. The van der Waals surface area contributed by atoms with Crippen LogP contribution < -0.4 is 5.43 Å². The highest BCUT2D eigenvalue weighted by molar-refractivity contribution is 6.33. The number of pyridine rings is 1. The van der Waals surface area contributed by atoms with Gasteiger partial charge < -0.3 is 10.1 Å². The lowest BCUT2D eigenvalue weighted by atomic mass is 10.1. The summed E-state index contributed by atoms with van der Waals surface area (Å²) in [4.78, 5) is 36.6. The number of carboxylic acids is 1. The van der Waals surface area contributed by atoms with E-state index in [1.807, 2.05) is 0 Å². The van der Waals surface area contributed by atoms with Crippen molar-refractivity contribution < 1.29 is 14.8 Å². The maximum atomic E-state index is 12.5. The first-order valence-electron chi connectivity index (χ1n) is 6.05. The smallest absolute Gasteiger partial charge is 0.335 e. The molecule has 0 unspecified atom stereocenters. The molecule has 0 aliphatic carbocycles. The first kappa shape index (κ1) is 14.0. The van der Waals surface area contributed by atoms with Gasteiger partial charge in [-0.2, -0.15) is 0 Å². The van der Waals surface area contributed by atoms with E-state index in [4.69, 9.17) is 16.7 Å². The van der Waals surface area contributed by atoms with Crippen LogP contribution in [0.4, 0.5) is 5.69 Å². The van der Waals surface area contributed by atoms with Gasteiger partial charge >= 0.3 is 5.97 Å². The van der Waals surface area contributed by atoms with Gasteiger partial charge in [0.25, 0.3) is 5.69 Å². The van der Waals surface area contributed by atoms with Gasteiger partial charge in [-0.05, 0) is 24.3 Å². The van der Waals surface area contributed by atoms with Crippen LogP contribution in [0.5, 0.6) is 0 Å². The highest BCUT2D eigenvalue weighted by atomic mass is 35.5. The second-order valence-corrected chi connectivity index (χ2v) is 5.03. The number of fused-ring (bicyclic) bond motifs is 2. The fourth-order valence-corrected chi connectivity index (χ4v) is 2.49. The minimum absolute atomic E-state index is 0.0409. The first-order valence-corrected chi connectivity index (χ1v) is 6.43. The number of aromatic amines is 1. The lowest BCUT2D eigenvalue weighted by Crippen LogP contribution is -2.07. The molecule has 8 heteroatoms. The van der Waals surface area contributed by atoms with Crippen molar-refractivity contribution in [2.75, 3.05) is 0 Å². The van der Waals surface area contributed by atoms with Crippen LogP contribution in [0, 0.1) is 10.1 Å². The van der Waals surface area contributed by atoms with Crippen molar-refractivity contribution in [3.63, 3.8) is 0 Å². The molecule has 0 saturated heterocycles. The lowest BCUT2D eigenvalue weighted by molar-refractivity contribution is -0.384. The Morgan fingerprint density at radius 1 is 1.18 bits per heavy atom. The molecule has 1 heterocycles. The van der Waals surface area contributed by atoms with E-state index < -0.39 is 16.3 Å². The van der Waals surface area contributed by atoms with Crippen molar-refractivity contribution in [1.29, 1.82) is 0 Å².